The van der Waals surface area contributed by atoms with Gasteiger partial charge in [-0.3, -0.25) is 0 Å². The topological polar surface area (TPSA) is 88.8 Å². The third kappa shape index (κ3) is 3.62. The van der Waals surface area contributed by atoms with Crippen molar-refractivity contribution in [3.63, 3.8) is 0 Å². The van der Waals surface area contributed by atoms with E-state index in [1.807, 2.05) is 24.3 Å². The predicted molar refractivity (Wildman–Crippen MR) is 106 cm³/mol. The quantitative estimate of drug-likeness (QED) is 0.627. The maximum absolute atomic E-state index is 13.0. The third-order valence-electron chi connectivity index (χ3n) is 4.63. The Morgan fingerprint density at radius 1 is 1.14 bits per heavy atom. The highest BCUT2D eigenvalue weighted by atomic mass is 32.2. The van der Waals surface area contributed by atoms with E-state index in [0.29, 0.717) is 47.7 Å². The van der Waals surface area contributed by atoms with Gasteiger partial charge in [-0.05, 0) is 30.3 Å². The number of methoxy groups -OCH3 is 1. The van der Waals surface area contributed by atoms with Crippen LogP contribution in [0.5, 0.6) is 5.75 Å². The summed E-state index contributed by atoms with van der Waals surface area (Å²) < 4.78 is 38.0. The second-order valence-electron chi connectivity index (χ2n) is 6.38. The molecular formula is C18H20N4O4S2. The number of aromatic nitrogens is 2. The maximum atomic E-state index is 13.0. The molecule has 0 aliphatic carbocycles. The first-order valence-electron chi connectivity index (χ1n) is 8.76. The fourth-order valence-corrected chi connectivity index (χ4v) is 5.83. The maximum Gasteiger partial charge on any atom is 0.252 e. The van der Waals surface area contributed by atoms with E-state index in [4.69, 9.17) is 9.26 Å². The third-order valence-corrected chi connectivity index (χ3v) is 7.95. The molecule has 4 rings (SSSR count). The zero-order valence-corrected chi connectivity index (χ0v) is 17.2. The number of benzene rings is 1. The number of aryl methyl sites for hydroxylation is 1. The Hall–Kier alpha value is -2.43. The standard InChI is InChI=1S/C18H20N4O4S2/c1-13-19-18(20-26-13)14-11-17(27-12-14)28(23,24)22-9-7-21(8-10-22)15-3-5-16(25-2)6-4-15/h3-6,11-12H,7-10H2,1-2H3. The van der Waals surface area contributed by atoms with Crippen molar-refractivity contribution in [3.05, 3.63) is 41.6 Å². The van der Waals surface area contributed by atoms with Gasteiger partial charge in [0.15, 0.2) is 0 Å². The van der Waals surface area contributed by atoms with E-state index in [0.717, 1.165) is 11.4 Å². The molecule has 148 valence electrons. The van der Waals surface area contributed by atoms with Crippen molar-refractivity contribution >= 4 is 27.0 Å². The van der Waals surface area contributed by atoms with E-state index in [1.54, 1.807) is 25.5 Å². The van der Waals surface area contributed by atoms with Crippen molar-refractivity contribution in [1.82, 2.24) is 14.4 Å². The van der Waals surface area contributed by atoms with Gasteiger partial charge in [-0.15, -0.1) is 11.3 Å². The molecule has 8 nitrogen and oxygen atoms in total. The number of anilines is 1. The number of piperazine rings is 1. The first-order chi connectivity index (χ1) is 13.5. The largest absolute Gasteiger partial charge is 0.497 e. The van der Waals surface area contributed by atoms with Crippen LogP contribution < -0.4 is 9.64 Å². The summed E-state index contributed by atoms with van der Waals surface area (Å²) in [6, 6.07) is 9.40. The molecule has 0 unspecified atom stereocenters. The van der Waals surface area contributed by atoms with Gasteiger partial charge < -0.3 is 14.2 Å². The molecule has 0 spiro atoms. The fraction of sp³-hybridized carbons (Fsp3) is 0.333. The Kier molecular flexibility index (Phi) is 5.09. The smallest absolute Gasteiger partial charge is 0.252 e. The number of hydrogen-bond donors (Lipinski definition) is 0. The lowest BCUT2D eigenvalue weighted by Gasteiger charge is -2.35. The highest BCUT2D eigenvalue weighted by molar-refractivity contribution is 7.91. The van der Waals surface area contributed by atoms with Gasteiger partial charge in [0.2, 0.25) is 11.7 Å². The molecule has 1 saturated heterocycles. The van der Waals surface area contributed by atoms with E-state index < -0.39 is 10.0 Å². The van der Waals surface area contributed by atoms with E-state index in [2.05, 4.69) is 15.0 Å². The van der Waals surface area contributed by atoms with Gasteiger partial charge in [0.25, 0.3) is 10.0 Å². The number of rotatable bonds is 5. The van der Waals surface area contributed by atoms with Crippen molar-refractivity contribution < 1.29 is 17.7 Å². The minimum Gasteiger partial charge on any atom is -0.497 e. The fourth-order valence-electron chi connectivity index (χ4n) is 3.09. The van der Waals surface area contributed by atoms with Gasteiger partial charge >= 0.3 is 0 Å². The van der Waals surface area contributed by atoms with Gasteiger partial charge in [-0.1, -0.05) is 5.16 Å². The first-order valence-corrected chi connectivity index (χ1v) is 11.1. The molecule has 1 fully saturated rings. The summed E-state index contributed by atoms with van der Waals surface area (Å²) in [5, 5.41) is 5.59. The van der Waals surface area contributed by atoms with Crippen LogP contribution in [0.25, 0.3) is 11.4 Å². The van der Waals surface area contributed by atoms with Crippen LogP contribution in [0.15, 0.2) is 44.4 Å². The van der Waals surface area contributed by atoms with Gasteiger partial charge in [0.1, 0.15) is 9.96 Å². The van der Waals surface area contributed by atoms with Crippen LogP contribution in [-0.4, -0.2) is 56.2 Å². The Balaban J connectivity index is 1.45. The van der Waals surface area contributed by atoms with Gasteiger partial charge in [-0.2, -0.15) is 9.29 Å². The minimum atomic E-state index is -3.54. The van der Waals surface area contributed by atoms with Crippen LogP contribution in [-0.2, 0) is 10.0 Å². The Morgan fingerprint density at radius 2 is 1.86 bits per heavy atom. The molecule has 0 atom stereocenters. The molecule has 0 bridgehead atoms. The monoisotopic (exact) mass is 420 g/mol. The van der Waals surface area contributed by atoms with Crippen LogP contribution in [0.2, 0.25) is 0 Å². The summed E-state index contributed by atoms with van der Waals surface area (Å²) in [5.41, 5.74) is 1.71. The van der Waals surface area contributed by atoms with Crippen LogP contribution in [0.4, 0.5) is 5.69 Å². The number of thiophene rings is 1. The Morgan fingerprint density at radius 3 is 2.46 bits per heavy atom. The first kappa shape index (κ1) is 18.9. The van der Waals surface area contributed by atoms with Gasteiger partial charge in [0, 0.05) is 49.7 Å². The zero-order chi connectivity index (χ0) is 19.7. The molecular weight excluding hydrogens is 400 g/mol. The molecule has 1 aliphatic heterocycles. The summed E-state index contributed by atoms with van der Waals surface area (Å²) in [7, 11) is -1.91. The number of ether oxygens (including phenoxy) is 1. The number of hydrogen-bond acceptors (Lipinski definition) is 8. The van der Waals surface area contributed by atoms with Crippen molar-refractivity contribution in [1.29, 1.82) is 0 Å². The molecule has 28 heavy (non-hydrogen) atoms. The van der Waals surface area contributed by atoms with Crippen molar-refractivity contribution in [2.75, 3.05) is 38.2 Å². The summed E-state index contributed by atoms with van der Waals surface area (Å²) in [6.07, 6.45) is 0. The van der Waals surface area contributed by atoms with Gasteiger partial charge in [0.05, 0.1) is 7.11 Å². The van der Waals surface area contributed by atoms with Crippen LogP contribution in [0, 0.1) is 6.92 Å². The lowest BCUT2D eigenvalue weighted by Crippen LogP contribution is -2.48. The normalized spacial score (nSPS) is 15.7. The second-order valence-corrected chi connectivity index (χ2v) is 9.46. The van der Waals surface area contributed by atoms with Crippen molar-refractivity contribution in [3.8, 4) is 17.1 Å². The van der Waals surface area contributed by atoms with Crippen molar-refractivity contribution in [2.45, 2.75) is 11.1 Å². The SMILES string of the molecule is COc1ccc(N2CCN(S(=O)(=O)c3cc(-c4noc(C)n4)cs3)CC2)cc1. The average molecular weight is 421 g/mol. The highest BCUT2D eigenvalue weighted by Gasteiger charge is 2.30. The molecule has 1 aliphatic rings. The summed E-state index contributed by atoms with van der Waals surface area (Å²) in [6.45, 7) is 3.83. The molecule has 0 amide bonds. The lowest BCUT2D eigenvalue weighted by atomic mass is 10.2. The van der Waals surface area contributed by atoms with E-state index in [-0.39, 0.29) is 0 Å². The lowest BCUT2D eigenvalue weighted by molar-refractivity contribution is 0.385. The Labute approximate surface area is 167 Å². The number of sulfonamides is 1. The van der Waals surface area contributed by atoms with E-state index >= 15 is 0 Å². The Bertz CT molecular complexity index is 1050. The zero-order valence-electron chi connectivity index (χ0n) is 15.5. The van der Waals surface area contributed by atoms with Crippen LogP contribution in [0.1, 0.15) is 5.89 Å². The minimum absolute atomic E-state index is 0.294. The second kappa shape index (κ2) is 7.53. The molecule has 0 radical (unpaired) electrons. The van der Waals surface area contributed by atoms with Gasteiger partial charge in [-0.25, -0.2) is 8.42 Å². The average Bonchev–Trinajstić information content (AvgIpc) is 3.38. The highest BCUT2D eigenvalue weighted by Crippen LogP contribution is 2.30. The molecule has 0 N–H and O–H groups in total. The summed E-state index contributed by atoms with van der Waals surface area (Å²) >= 11 is 1.18. The van der Waals surface area contributed by atoms with Crippen LogP contribution >= 0.6 is 11.3 Å². The predicted octanol–water partition coefficient (Wildman–Crippen LogP) is 2.63. The van der Waals surface area contributed by atoms with E-state index in [9.17, 15) is 8.42 Å². The summed E-state index contributed by atoms with van der Waals surface area (Å²) in [5.74, 6) is 1.65. The number of nitrogens with zero attached hydrogens (tertiary/aromatic N) is 4. The van der Waals surface area contributed by atoms with Crippen molar-refractivity contribution in [2.24, 2.45) is 0 Å². The molecule has 3 heterocycles. The molecule has 1 aromatic carbocycles. The molecule has 10 heteroatoms. The molecule has 3 aromatic rings. The molecule has 0 saturated carbocycles. The van der Waals surface area contributed by atoms with E-state index in [1.165, 1.54) is 15.6 Å². The van der Waals surface area contributed by atoms with Crippen LogP contribution in [0.3, 0.4) is 0 Å². The molecule has 2 aromatic heterocycles. The summed E-state index contributed by atoms with van der Waals surface area (Å²) in [4.78, 5) is 6.32.